The largest absolute Gasteiger partial charge is 0.0832 e. The quantitative estimate of drug-likeness (QED) is 0.543. The molecule has 0 aliphatic rings. The molecule has 0 spiro atoms. The first-order chi connectivity index (χ1) is 11.7. The van der Waals surface area contributed by atoms with E-state index in [2.05, 4.69) is 104 Å². The van der Waals surface area contributed by atoms with Crippen LogP contribution in [0.5, 0.6) is 0 Å². The second-order valence-corrected chi connectivity index (χ2v) is 10.0. The van der Waals surface area contributed by atoms with Gasteiger partial charge in [0.1, 0.15) is 0 Å². The molecule has 0 aliphatic carbocycles. The van der Waals surface area contributed by atoms with Gasteiger partial charge in [0, 0.05) is 6.04 Å². The van der Waals surface area contributed by atoms with E-state index in [1.54, 1.807) is 0 Å². The molecule has 0 amide bonds. The molecule has 0 unspecified atom stereocenters. The van der Waals surface area contributed by atoms with Gasteiger partial charge in [0.2, 0.25) is 0 Å². The second kappa shape index (κ2) is 7.75. The molecule has 0 radical (unpaired) electrons. The van der Waals surface area contributed by atoms with E-state index in [4.69, 9.17) is 11.8 Å². The summed E-state index contributed by atoms with van der Waals surface area (Å²) in [6.07, 6.45) is 0.974. The monoisotopic (exact) mass is 348 g/mol. The summed E-state index contributed by atoms with van der Waals surface area (Å²) in [5.74, 6) is 2.36. The maximum absolute atomic E-state index is 6.31. The van der Waals surface area contributed by atoms with Crippen LogP contribution in [0.3, 0.4) is 0 Å². The van der Waals surface area contributed by atoms with E-state index >= 15 is 0 Å². The Morgan fingerprint density at radius 1 is 0.750 bits per heavy atom. The summed E-state index contributed by atoms with van der Waals surface area (Å²) in [7, 11) is 0. The Morgan fingerprint density at radius 2 is 1.17 bits per heavy atom. The van der Waals surface area contributed by atoms with E-state index in [1.807, 2.05) is 0 Å². The summed E-state index contributed by atoms with van der Waals surface area (Å²) in [4.78, 5) is 0. The molecule has 3 aromatic rings. The van der Waals surface area contributed by atoms with E-state index in [0.717, 1.165) is 6.42 Å². The zero-order valence-corrected chi connectivity index (χ0v) is 15.5. The summed E-state index contributed by atoms with van der Waals surface area (Å²) in [6.45, 7) is 2.20. The van der Waals surface area contributed by atoms with E-state index in [0.29, 0.717) is 0 Å². The van der Waals surface area contributed by atoms with Crippen molar-refractivity contribution in [1.82, 2.24) is 0 Å². The summed E-state index contributed by atoms with van der Waals surface area (Å²) in [6, 6.07) is 29.7. The van der Waals surface area contributed by atoms with Crippen molar-refractivity contribution in [3.63, 3.8) is 0 Å². The third-order valence-corrected chi connectivity index (χ3v) is 8.53. The standard InChI is InChI=1S/C22H21PS/c1-2-19(20-12-6-3-7-13-20)18-23(24,21-14-8-4-9-15-21)22-16-10-5-11-17-22/h3-18H,2H2,1H3/b19-18-. The Kier molecular flexibility index (Phi) is 5.45. The highest BCUT2D eigenvalue weighted by atomic mass is 32.4. The van der Waals surface area contributed by atoms with Crippen molar-refractivity contribution in [1.29, 1.82) is 0 Å². The van der Waals surface area contributed by atoms with Crippen molar-refractivity contribution >= 4 is 34.0 Å². The first kappa shape index (κ1) is 16.9. The molecule has 0 atom stereocenters. The van der Waals surface area contributed by atoms with E-state index in [1.165, 1.54) is 21.7 Å². The van der Waals surface area contributed by atoms with Gasteiger partial charge in [-0.3, -0.25) is 0 Å². The third kappa shape index (κ3) is 3.59. The lowest BCUT2D eigenvalue weighted by molar-refractivity contribution is 1.24. The van der Waals surface area contributed by atoms with Crippen molar-refractivity contribution < 1.29 is 0 Å². The molecular formula is C22H21PS. The Hall–Kier alpha value is -1.95. The van der Waals surface area contributed by atoms with Crippen molar-refractivity contribution in [2.24, 2.45) is 0 Å². The minimum Gasteiger partial charge on any atom is -0.0832 e. The molecule has 0 saturated carbocycles. The third-order valence-electron chi connectivity index (χ3n) is 4.14. The van der Waals surface area contributed by atoms with Gasteiger partial charge in [0.15, 0.2) is 0 Å². The molecule has 24 heavy (non-hydrogen) atoms. The molecule has 3 aromatic carbocycles. The van der Waals surface area contributed by atoms with Crippen LogP contribution in [0.1, 0.15) is 18.9 Å². The van der Waals surface area contributed by atoms with Crippen LogP contribution in [-0.4, -0.2) is 0 Å². The first-order valence-electron chi connectivity index (χ1n) is 8.22. The van der Waals surface area contributed by atoms with Gasteiger partial charge in [0.05, 0.1) is 0 Å². The molecule has 0 N–H and O–H groups in total. The van der Waals surface area contributed by atoms with Gasteiger partial charge in [-0.05, 0) is 34.0 Å². The highest BCUT2D eigenvalue weighted by Crippen LogP contribution is 2.48. The molecule has 0 saturated heterocycles. The lowest BCUT2D eigenvalue weighted by Gasteiger charge is -2.21. The zero-order valence-electron chi connectivity index (χ0n) is 13.8. The second-order valence-electron chi connectivity index (χ2n) is 5.70. The number of benzene rings is 3. The van der Waals surface area contributed by atoms with Gasteiger partial charge >= 0.3 is 0 Å². The normalized spacial score (nSPS) is 12.1. The molecule has 0 heterocycles. The van der Waals surface area contributed by atoms with Gasteiger partial charge in [-0.15, -0.1) is 0 Å². The van der Waals surface area contributed by atoms with Crippen LogP contribution in [0, 0.1) is 0 Å². The fourth-order valence-corrected chi connectivity index (χ4v) is 6.55. The van der Waals surface area contributed by atoms with Gasteiger partial charge < -0.3 is 0 Å². The van der Waals surface area contributed by atoms with Crippen LogP contribution in [0.4, 0.5) is 0 Å². The fraction of sp³-hybridized carbons (Fsp3) is 0.0909. The van der Waals surface area contributed by atoms with Gasteiger partial charge in [0.25, 0.3) is 0 Å². The van der Waals surface area contributed by atoms with Crippen molar-refractivity contribution in [2.75, 3.05) is 0 Å². The van der Waals surface area contributed by atoms with Crippen molar-refractivity contribution in [3.05, 3.63) is 102 Å². The maximum atomic E-state index is 6.31. The molecule has 0 fully saturated rings. The molecule has 0 aromatic heterocycles. The summed E-state index contributed by atoms with van der Waals surface area (Å²) < 4.78 is 0. The number of hydrogen-bond donors (Lipinski definition) is 0. The molecule has 0 aliphatic heterocycles. The lowest BCUT2D eigenvalue weighted by Crippen LogP contribution is -2.14. The van der Waals surface area contributed by atoms with Crippen molar-refractivity contribution in [3.8, 4) is 0 Å². The molecule has 2 heteroatoms. The first-order valence-corrected chi connectivity index (χ1v) is 11.1. The summed E-state index contributed by atoms with van der Waals surface area (Å²) >= 11 is 6.31. The Bertz CT molecular complexity index is 809. The lowest BCUT2D eigenvalue weighted by atomic mass is 10.1. The fourth-order valence-electron chi connectivity index (χ4n) is 2.84. The summed E-state index contributed by atoms with van der Waals surface area (Å²) in [5, 5.41) is 2.49. The highest BCUT2D eigenvalue weighted by Gasteiger charge is 2.20. The van der Waals surface area contributed by atoms with Crippen LogP contribution in [0.2, 0.25) is 0 Å². The maximum Gasteiger partial charge on any atom is 0.0313 e. The van der Waals surface area contributed by atoms with E-state index < -0.39 is 6.04 Å². The highest BCUT2D eigenvalue weighted by molar-refractivity contribution is 8.23. The van der Waals surface area contributed by atoms with E-state index in [9.17, 15) is 0 Å². The predicted octanol–water partition coefficient (Wildman–Crippen LogP) is 5.57. The average Bonchev–Trinajstić information content (AvgIpc) is 2.68. The zero-order chi connectivity index (χ0) is 16.8. The Labute approximate surface area is 149 Å². The van der Waals surface area contributed by atoms with Crippen LogP contribution in [0.25, 0.3) is 5.57 Å². The molecule has 0 nitrogen and oxygen atoms in total. The summed E-state index contributed by atoms with van der Waals surface area (Å²) in [5.41, 5.74) is 2.59. The minimum atomic E-state index is -1.99. The van der Waals surface area contributed by atoms with Crippen LogP contribution < -0.4 is 10.6 Å². The molecule has 120 valence electrons. The van der Waals surface area contributed by atoms with Crippen LogP contribution in [-0.2, 0) is 11.8 Å². The predicted molar refractivity (Wildman–Crippen MR) is 111 cm³/mol. The van der Waals surface area contributed by atoms with Crippen LogP contribution >= 0.6 is 6.04 Å². The average molecular weight is 348 g/mol. The topological polar surface area (TPSA) is 0 Å². The molecule has 3 rings (SSSR count). The minimum absolute atomic E-state index is 0.974. The number of hydrogen-bond acceptors (Lipinski definition) is 1. The smallest absolute Gasteiger partial charge is 0.0313 e. The SMILES string of the molecule is CC/C(=C/P(=S)(c1ccccc1)c1ccccc1)c1ccccc1. The molecular weight excluding hydrogens is 327 g/mol. The van der Waals surface area contributed by atoms with Gasteiger partial charge in [-0.2, -0.15) is 0 Å². The Balaban J connectivity index is 2.19. The van der Waals surface area contributed by atoms with E-state index in [-0.39, 0.29) is 0 Å². The Morgan fingerprint density at radius 3 is 1.58 bits per heavy atom. The van der Waals surface area contributed by atoms with Crippen molar-refractivity contribution in [2.45, 2.75) is 13.3 Å². The number of allylic oxidation sites excluding steroid dienone is 1. The van der Waals surface area contributed by atoms with Crippen LogP contribution in [0.15, 0.2) is 96.8 Å². The van der Waals surface area contributed by atoms with Gasteiger partial charge in [-0.1, -0.05) is 110 Å². The van der Waals surface area contributed by atoms with Gasteiger partial charge in [-0.25, -0.2) is 0 Å². The number of rotatable bonds is 5. The molecule has 0 bridgehead atoms.